The summed E-state index contributed by atoms with van der Waals surface area (Å²) in [6, 6.07) is 10.2. The third kappa shape index (κ3) is 3.16. The average molecular weight is 318 g/mol. The number of aliphatic hydroxyl groups is 1. The Morgan fingerprint density at radius 3 is 2.86 bits per heavy atom. The molecule has 21 heavy (non-hydrogen) atoms. The van der Waals surface area contributed by atoms with Crippen molar-refractivity contribution in [2.45, 2.75) is 25.5 Å². The lowest BCUT2D eigenvalue weighted by molar-refractivity contribution is 0.0548. The van der Waals surface area contributed by atoms with Crippen LogP contribution in [-0.2, 0) is 5.60 Å². The van der Waals surface area contributed by atoms with Gasteiger partial charge in [0.05, 0.1) is 16.3 Å². The van der Waals surface area contributed by atoms with Crippen molar-refractivity contribution in [1.29, 1.82) is 0 Å². The standard InChI is InChI=1S/C16H18N2OS2/c1-11(15-18-13-5-3-4-6-14(13)21-15)17-10-16(2,19)12-7-8-20-9-12/h3-9,11,17,19H,10H2,1-2H3. The molecule has 0 aliphatic rings. The van der Waals surface area contributed by atoms with E-state index in [0.717, 1.165) is 16.1 Å². The van der Waals surface area contributed by atoms with E-state index in [1.54, 1.807) is 22.7 Å². The normalized spacial score (nSPS) is 16.0. The molecule has 0 fully saturated rings. The number of para-hydroxylation sites is 1. The second-order valence-corrected chi connectivity index (χ2v) is 7.25. The Bertz CT molecular complexity index is 686. The van der Waals surface area contributed by atoms with E-state index >= 15 is 0 Å². The smallest absolute Gasteiger partial charge is 0.111 e. The molecular formula is C16H18N2OS2. The predicted molar refractivity (Wildman–Crippen MR) is 89.9 cm³/mol. The molecule has 2 heterocycles. The second-order valence-electron chi connectivity index (χ2n) is 5.41. The summed E-state index contributed by atoms with van der Waals surface area (Å²) < 4.78 is 1.20. The van der Waals surface area contributed by atoms with Gasteiger partial charge in [-0.2, -0.15) is 11.3 Å². The first-order valence-electron chi connectivity index (χ1n) is 6.90. The van der Waals surface area contributed by atoms with Crippen LogP contribution in [0.1, 0.15) is 30.5 Å². The lowest BCUT2D eigenvalue weighted by atomic mass is 9.99. The third-order valence-corrected chi connectivity index (χ3v) is 5.48. The molecule has 0 spiro atoms. The van der Waals surface area contributed by atoms with Crippen LogP contribution in [0.15, 0.2) is 41.1 Å². The minimum atomic E-state index is -0.856. The molecule has 2 aromatic heterocycles. The molecule has 0 saturated heterocycles. The maximum Gasteiger partial charge on any atom is 0.111 e. The van der Waals surface area contributed by atoms with Crippen molar-refractivity contribution < 1.29 is 5.11 Å². The Labute approximate surface area is 132 Å². The van der Waals surface area contributed by atoms with Gasteiger partial charge < -0.3 is 10.4 Å². The topological polar surface area (TPSA) is 45.1 Å². The molecule has 2 unspecified atom stereocenters. The van der Waals surface area contributed by atoms with Crippen LogP contribution in [0.2, 0.25) is 0 Å². The van der Waals surface area contributed by atoms with Crippen LogP contribution in [-0.4, -0.2) is 16.6 Å². The highest BCUT2D eigenvalue weighted by Gasteiger charge is 2.24. The van der Waals surface area contributed by atoms with Crippen molar-refractivity contribution in [3.8, 4) is 0 Å². The summed E-state index contributed by atoms with van der Waals surface area (Å²) >= 11 is 3.30. The van der Waals surface area contributed by atoms with Crippen LogP contribution in [0.4, 0.5) is 0 Å². The summed E-state index contributed by atoms with van der Waals surface area (Å²) in [4.78, 5) is 4.65. The van der Waals surface area contributed by atoms with Gasteiger partial charge >= 0.3 is 0 Å². The van der Waals surface area contributed by atoms with Crippen molar-refractivity contribution in [2.75, 3.05) is 6.54 Å². The van der Waals surface area contributed by atoms with Crippen molar-refractivity contribution in [1.82, 2.24) is 10.3 Å². The molecule has 5 heteroatoms. The number of aromatic nitrogens is 1. The highest BCUT2D eigenvalue weighted by molar-refractivity contribution is 7.18. The van der Waals surface area contributed by atoms with Gasteiger partial charge in [-0.3, -0.25) is 0 Å². The monoisotopic (exact) mass is 318 g/mol. The Morgan fingerprint density at radius 2 is 2.14 bits per heavy atom. The highest BCUT2D eigenvalue weighted by atomic mass is 32.1. The molecule has 0 saturated carbocycles. The summed E-state index contributed by atoms with van der Waals surface area (Å²) in [7, 11) is 0. The van der Waals surface area contributed by atoms with Gasteiger partial charge in [-0.1, -0.05) is 12.1 Å². The molecule has 110 valence electrons. The largest absolute Gasteiger partial charge is 0.384 e. The van der Waals surface area contributed by atoms with Crippen molar-refractivity contribution in [3.63, 3.8) is 0 Å². The molecule has 3 nitrogen and oxygen atoms in total. The number of hydrogen-bond donors (Lipinski definition) is 2. The van der Waals surface area contributed by atoms with Gasteiger partial charge in [0.25, 0.3) is 0 Å². The number of nitrogens with zero attached hydrogens (tertiary/aromatic N) is 1. The number of thiazole rings is 1. The van der Waals surface area contributed by atoms with Crippen LogP contribution >= 0.6 is 22.7 Å². The zero-order valence-corrected chi connectivity index (χ0v) is 13.7. The fourth-order valence-electron chi connectivity index (χ4n) is 2.19. The van der Waals surface area contributed by atoms with Gasteiger partial charge in [-0.05, 0) is 48.4 Å². The van der Waals surface area contributed by atoms with Gasteiger partial charge in [0, 0.05) is 6.54 Å². The fraction of sp³-hybridized carbons (Fsp3) is 0.312. The summed E-state index contributed by atoms with van der Waals surface area (Å²) in [5.41, 5.74) is 1.14. The summed E-state index contributed by atoms with van der Waals surface area (Å²) in [6.07, 6.45) is 0. The van der Waals surface area contributed by atoms with Crippen LogP contribution in [0.25, 0.3) is 10.2 Å². The zero-order chi connectivity index (χ0) is 14.9. The van der Waals surface area contributed by atoms with E-state index in [0.29, 0.717) is 6.54 Å². The minimum Gasteiger partial charge on any atom is -0.384 e. The quantitative estimate of drug-likeness (QED) is 0.749. The number of thiophene rings is 1. The summed E-state index contributed by atoms with van der Waals surface area (Å²) in [6.45, 7) is 4.43. The molecule has 0 amide bonds. The van der Waals surface area contributed by atoms with Crippen LogP contribution in [0.3, 0.4) is 0 Å². The van der Waals surface area contributed by atoms with Crippen LogP contribution in [0.5, 0.6) is 0 Å². The van der Waals surface area contributed by atoms with E-state index in [4.69, 9.17) is 0 Å². The van der Waals surface area contributed by atoms with E-state index < -0.39 is 5.60 Å². The predicted octanol–water partition coefficient (Wildman–Crippen LogP) is 3.92. The van der Waals surface area contributed by atoms with Gasteiger partial charge in [-0.15, -0.1) is 11.3 Å². The molecule has 0 aliphatic heterocycles. The maximum absolute atomic E-state index is 10.5. The molecule has 0 radical (unpaired) electrons. The molecule has 2 atom stereocenters. The van der Waals surface area contributed by atoms with Gasteiger partial charge in [0.2, 0.25) is 0 Å². The van der Waals surface area contributed by atoms with Gasteiger partial charge in [-0.25, -0.2) is 4.98 Å². The first-order chi connectivity index (χ1) is 10.1. The molecule has 2 N–H and O–H groups in total. The number of rotatable bonds is 5. The van der Waals surface area contributed by atoms with Gasteiger partial charge in [0.15, 0.2) is 0 Å². The van der Waals surface area contributed by atoms with Crippen molar-refractivity contribution in [3.05, 3.63) is 51.7 Å². The molecular weight excluding hydrogens is 300 g/mol. The fourth-order valence-corrected chi connectivity index (χ4v) is 3.96. The first kappa shape index (κ1) is 14.7. The molecule has 3 rings (SSSR count). The van der Waals surface area contributed by atoms with E-state index in [9.17, 15) is 5.11 Å². The average Bonchev–Trinajstić information content (AvgIpc) is 3.13. The SMILES string of the molecule is CC(NCC(C)(O)c1ccsc1)c1nc2ccccc2s1. The Morgan fingerprint density at radius 1 is 1.33 bits per heavy atom. The third-order valence-electron chi connectivity index (χ3n) is 3.58. The van der Waals surface area contributed by atoms with Crippen molar-refractivity contribution in [2.24, 2.45) is 0 Å². The second kappa shape index (κ2) is 5.85. The van der Waals surface area contributed by atoms with Gasteiger partial charge in [0.1, 0.15) is 10.6 Å². The zero-order valence-electron chi connectivity index (χ0n) is 12.0. The summed E-state index contributed by atoms with van der Waals surface area (Å²) in [5, 5.41) is 19.0. The molecule has 1 aromatic carbocycles. The Hall–Kier alpha value is -1.27. The van der Waals surface area contributed by atoms with Crippen molar-refractivity contribution >= 4 is 32.9 Å². The molecule has 3 aromatic rings. The first-order valence-corrected chi connectivity index (χ1v) is 8.66. The Kier molecular flexibility index (Phi) is 4.08. The van der Waals surface area contributed by atoms with E-state index in [2.05, 4.69) is 23.3 Å². The molecule has 0 aliphatic carbocycles. The van der Waals surface area contributed by atoms with Crippen LogP contribution in [0, 0.1) is 0 Å². The minimum absolute atomic E-state index is 0.118. The number of benzene rings is 1. The number of hydrogen-bond acceptors (Lipinski definition) is 5. The maximum atomic E-state index is 10.5. The lowest BCUT2D eigenvalue weighted by Crippen LogP contribution is -2.36. The highest BCUT2D eigenvalue weighted by Crippen LogP contribution is 2.27. The van der Waals surface area contributed by atoms with E-state index in [-0.39, 0.29) is 6.04 Å². The van der Waals surface area contributed by atoms with E-state index in [1.165, 1.54) is 4.70 Å². The van der Waals surface area contributed by atoms with E-state index in [1.807, 2.05) is 41.9 Å². The number of fused-ring (bicyclic) bond motifs is 1. The number of nitrogens with one attached hydrogen (secondary N) is 1. The lowest BCUT2D eigenvalue weighted by Gasteiger charge is -2.24. The molecule has 0 bridgehead atoms. The van der Waals surface area contributed by atoms with Crippen LogP contribution < -0.4 is 5.32 Å². The summed E-state index contributed by atoms with van der Waals surface area (Å²) in [5.74, 6) is 0. The Balaban J connectivity index is 1.70.